The predicted octanol–water partition coefficient (Wildman–Crippen LogP) is 3.51. The second-order valence-corrected chi connectivity index (χ2v) is 6.75. The number of benzene rings is 2. The van der Waals surface area contributed by atoms with Gasteiger partial charge in [-0.05, 0) is 50.1 Å². The van der Waals surface area contributed by atoms with Gasteiger partial charge in [-0.25, -0.2) is 0 Å². The van der Waals surface area contributed by atoms with Crippen molar-refractivity contribution in [3.8, 4) is 11.5 Å². The van der Waals surface area contributed by atoms with Crippen LogP contribution in [0.5, 0.6) is 11.5 Å². The second kappa shape index (κ2) is 10.3. The van der Waals surface area contributed by atoms with Gasteiger partial charge in [-0.15, -0.1) is 0 Å². The van der Waals surface area contributed by atoms with E-state index in [1.54, 1.807) is 13.2 Å². The van der Waals surface area contributed by atoms with Crippen molar-refractivity contribution in [1.29, 1.82) is 0 Å². The monoisotopic (exact) mass is 384 g/mol. The average molecular weight is 384 g/mol. The average Bonchev–Trinajstić information content (AvgIpc) is 2.66. The molecule has 0 aliphatic rings. The lowest BCUT2D eigenvalue weighted by Gasteiger charge is -2.21. The molecule has 2 amide bonds. The Morgan fingerprint density at radius 3 is 2.36 bits per heavy atom. The maximum atomic E-state index is 12.5. The first-order valence-electron chi connectivity index (χ1n) is 9.33. The smallest absolute Gasteiger partial charge is 0.244 e. The van der Waals surface area contributed by atoms with Crippen molar-refractivity contribution in [2.24, 2.45) is 0 Å². The fourth-order valence-corrected chi connectivity index (χ4v) is 2.69. The minimum absolute atomic E-state index is 0.00346. The van der Waals surface area contributed by atoms with Gasteiger partial charge in [0.1, 0.15) is 11.5 Å². The highest BCUT2D eigenvalue weighted by Gasteiger charge is 2.15. The molecule has 0 saturated heterocycles. The van der Waals surface area contributed by atoms with E-state index >= 15 is 0 Å². The zero-order valence-corrected chi connectivity index (χ0v) is 16.9. The highest BCUT2D eigenvalue weighted by Crippen LogP contribution is 2.24. The van der Waals surface area contributed by atoms with E-state index in [1.165, 1.54) is 11.8 Å². The summed E-state index contributed by atoms with van der Waals surface area (Å²) in [4.78, 5) is 26.0. The molecule has 2 aromatic carbocycles. The molecule has 2 aromatic rings. The van der Waals surface area contributed by atoms with E-state index in [-0.39, 0.29) is 24.5 Å². The number of ether oxygens (including phenoxy) is 2. The van der Waals surface area contributed by atoms with Gasteiger partial charge < -0.3 is 19.7 Å². The maximum absolute atomic E-state index is 12.5. The van der Waals surface area contributed by atoms with Gasteiger partial charge in [0.05, 0.1) is 25.4 Å². The number of hydrogen-bond acceptors (Lipinski definition) is 4. The maximum Gasteiger partial charge on any atom is 0.244 e. The van der Waals surface area contributed by atoms with Gasteiger partial charge in [-0.3, -0.25) is 9.59 Å². The zero-order chi connectivity index (χ0) is 20.5. The van der Waals surface area contributed by atoms with Crippen LogP contribution in [0.4, 0.5) is 5.69 Å². The lowest BCUT2D eigenvalue weighted by molar-refractivity contribution is -0.132. The van der Waals surface area contributed by atoms with Crippen LogP contribution in [-0.4, -0.2) is 43.0 Å². The Morgan fingerprint density at radius 1 is 1.07 bits per heavy atom. The molecule has 6 nitrogen and oxygen atoms in total. The molecule has 1 N–H and O–H groups in total. The first-order chi connectivity index (χ1) is 13.4. The van der Waals surface area contributed by atoms with Gasteiger partial charge in [0.2, 0.25) is 11.8 Å². The molecule has 0 aliphatic carbocycles. The van der Waals surface area contributed by atoms with Gasteiger partial charge >= 0.3 is 0 Å². The summed E-state index contributed by atoms with van der Waals surface area (Å²) in [6, 6.07) is 14.9. The summed E-state index contributed by atoms with van der Waals surface area (Å²) in [5.41, 5.74) is 1.67. The van der Waals surface area contributed by atoms with E-state index in [4.69, 9.17) is 9.47 Å². The van der Waals surface area contributed by atoms with Crippen molar-refractivity contribution in [1.82, 2.24) is 4.90 Å². The topological polar surface area (TPSA) is 67.9 Å². The molecule has 0 atom stereocenters. The van der Waals surface area contributed by atoms with Crippen LogP contribution in [0.1, 0.15) is 26.3 Å². The predicted molar refractivity (Wildman–Crippen MR) is 110 cm³/mol. The van der Waals surface area contributed by atoms with Crippen molar-refractivity contribution >= 4 is 17.5 Å². The number of nitrogens with one attached hydrogen (secondary N) is 1. The van der Waals surface area contributed by atoms with Gasteiger partial charge in [0.25, 0.3) is 0 Å². The third-order valence-electron chi connectivity index (χ3n) is 4.13. The number of methoxy groups -OCH3 is 1. The van der Waals surface area contributed by atoms with Crippen molar-refractivity contribution in [3.05, 3.63) is 54.1 Å². The number of hydrogen-bond donors (Lipinski definition) is 1. The van der Waals surface area contributed by atoms with Crippen LogP contribution < -0.4 is 14.8 Å². The SMILES string of the molecule is COc1ccc(CCN(CC(=O)Nc2ccccc2OC(C)C)C(C)=O)cc1. The molecule has 0 spiro atoms. The second-order valence-electron chi connectivity index (χ2n) is 6.75. The fourth-order valence-electron chi connectivity index (χ4n) is 2.69. The Morgan fingerprint density at radius 2 is 1.75 bits per heavy atom. The number of carbonyl (C=O) groups is 2. The molecule has 2 rings (SSSR count). The Labute approximate surface area is 166 Å². The van der Waals surface area contributed by atoms with Gasteiger partial charge in [0, 0.05) is 13.5 Å². The Hall–Kier alpha value is -3.02. The van der Waals surface area contributed by atoms with Gasteiger partial charge in [-0.2, -0.15) is 0 Å². The first kappa shape index (κ1) is 21.3. The van der Waals surface area contributed by atoms with E-state index in [0.717, 1.165) is 11.3 Å². The Kier molecular flexibility index (Phi) is 7.87. The number of para-hydroxylation sites is 2. The van der Waals surface area contributed by atoms with E-state index in [9.17, 15) is 9.59 Å². The lowest BCUT2D eigenvalue weighted by atomic mass is 10.1. The van der Waals surface area contributed by atoms with Crippen LogP contribution in [-0.2, 0) is 16.0 Å². The summed E-state index contributed by atoms with van der Waals surface area (Å²) in [5, 5.41) is 2.84. The molecule has 0 aliphatic heterocycles. The number of nitrogens with zero attached hydrogens (tertiary/aromatic N) is 1. The van der Waals surface area contributed by atoms with E-state index in [2.05, 4.69) is 5.32 Å². The number of rotatable bonds is 9. The van der Waals surface area contributed by atoms with Crippen molar-refractivity contribution in [2.75, 3.05) is 25.5 Å². The Bertz CT molecular complexity index is 787. The molecular weight excluding hydrogens is 356 g/mol. The molecule has 6 heteroatoms. The summed E-state index contributed by atoms with van der Waals surface area (Å²) in [6.45, 7) is 5.77. The molecular formula is C22H28N2O4. The lowest BCUT2D eigenvalue weighted by Crippen LogP contribution is -2.38. The fraction of sp³-hybridized carbons (Fsp3) is 0.364. The minimum Gasteiger partial charge on any atom is -0.497 e. The van der Waals surface area contributed by atoms with Crippen molar-refractivity contribution in [3.63, 3.8) is 0 Å². The highest BCUT2D eigenvalue weighted by atomic mass is 16.5. The standard InChI is InChI=1S/C22H28N2O4/c1-16(2)28-21-8-6-5-7-20(21)23-22(26)15-24(17(3)25)14-13-18-9-11-19(27-4)12-10-18/h5-12,16H,13-15H2,1-4H3,(H,23,26). The van der Waals surface area contributed by atoms with Gasteiger partial charge in [-0.1, -0.05) is 24.3 Å². The number of carbonyl (C=O) groups excluding carboxylic acids is 2. The van der Waals surface area contributed by atoms with Crippen LogP contribution >= 0.6 is 0 Å². The zero-order valence-electron chi connectivity index (χ0n) is 16.9. The summed E-state index contributed by atoms with van der Waals surface area (Å²) in [6.07, 6.45) is 0.653. The summed E-state index contributed by atoms with van der Waals surface area (Å²) >= 11 is 0. The quantitative estimate of drug-likeness (QED) is 0.718. The molecule has 0 saturated carbocycles. The highest BCUT2D eigenvalue weighted by molar-refractivity contribution is 5.95. The van der Waals surface area contributed by atoms with E-state index < -0.39 is 0 Å². The molecule has 0 aromatic heterocycles. The van der Waals surface area contributed by atoms with Gasteiger partial charge in [0.15, 0.2) is 0 Å². The first-order valence-corrected chi connectivity index (χ1v) is 9.33. The third-order valence-corrected chi connectivity index (χ3v) is 4.13. The van der Waals surface area contributed by atoms with Crippen LogP contribution in [0.2, 0.25) is 0 Å². The molecule has 150 valence electrons. The van der Waals surface area contributed by atoms with Crippen LogP contribution in [0.15, 0.2) is 48.5 Å². The molecule has 28 heavy (non-hydrogen) atoms. The molecule has 0 radical (unpaired) electrons. The minimum atomic E-state index is -0.260. The van der Waals surface area contributed by atoms with Crippen LogP contribution in [0.25, 0.3) is 0 Å². The Balaban J connectivity index is 1.96. The molecule has 0 bridgehead atoms. The summed E-state index contributed by atoms with van der Waals surface area (Å²) in [7, 11) is 1.62. The number of amides is 2. The molecule has 0 heterocycles. The van der Waals surface area contributed by atoms with Crippen molar-refractivity contribution < 1.29 is 19.1 Å². The van der Waals surface area contributed by atoms with Crippen molar-refractivity contribution in [2.45, 2.75) is 33.3 Å². The summed E-state index contributed by atoms with van der Waals surface area (Å²) < 4.78 is 10.9. The summed E-state index contributed by atoms with van der Waals surface area (Å²) in [5.74, 6) is 0.993. The molecule has 0 fully saturated rings. The molecule has 0 unspecified atom stereocenters. The normalized spacial score (nSPS) is 10.5. The van der Waals surface area contributed by atoms with E-state index in [0.29, 0.717) is 24.4 Å². The van der Waals surface area contributed by atoms with Crippen LogP contribution in [0.3, 0.4) is 0 Å². The van der Waals surface area contributed by atoms with Crippen LogP contribution in [0, 0.1) is 0 Å². The largest absolute Gasteiger partial charge is 0.497 e. The van der Waals surface area contributed by atoms with E-state index in [1.807, 2.05) is 56.3 Å². The third kappa shape index (κ3) is 6.61. The number of anilines is 1.